The SMILES string of the molecule is Cc1cccc(C(=O)NCCC(=O)Nc2ccc(C(=O)NCCN(C)C)cc2)c1. The number of nitrogens with one attached hydrogen (secondary N) is 3. The van der Waals surface area contributed by atoms with Crippen molar-refractivity contribution in [2.24, 2.45) is 0 Å². The van der Waals surface area contributed by atoms with Gasteiger partial charge in [0.15, 0.2) is 0 Å². The zero-order valence-electron chi connectivity index (χ0n) is 17.1. The van der Waals surface area contributed by atoms with E-state index >= 15 is 0 Å². The quantitative estimate of drug-likeness (QED) is 0.605. The van der Waals surface area contributed by atoms with E-state index in [2.05, 4.69) is 16.0 Å². The van der Waals surface area contributed by atoms with Crippen molar-refractivity contribution in [2.75, 3.05) is 39.0 Å². The highest BCUT2D eigenvalue weighted by atomic mass is 16.2. The zero-order valence-corrected chi connectivity index (χ0v) is 17.1. The third-order valence-corrected chi connectivity index (χ3v) is 4.19. The van der Waals surface area contributed by atoms with Crippen molar-refractivity contribution in [3.8, 4) is 0 Å². The Morgan fingerprint density at radius 3 is 2.17 bits per heavy atom. The van der Waals surface area contributed by atoms with Gasteiger partial charge in [-0.3, -0.25) is 14.4 Å². The monoisotopic (exact) mass is 396 g/mol. The van der Waals surface area contributed by atoms with E-state index in [1.165, 1.54) is 0 Å². The Morgan fingerprint density at radius 1 is 0.862 bits per heavy atom. The van der Waals surface area contributed by atoms with Crippen LogP contribution in [0.15, 0.2) is 48.5 Å². The highest BCUT2D eigenvalue weighted by molar-refractivity contribution is 5.96. The van der Waals surface area contributed by atoms with Gasteiger partial charge in [-0.2, -0.15) is 0 Å². The van der Waals surface area contributed by atoms with E-state index in [0.717, 1.165) is 12.1 Å². The number of aryl methyl sites for hydroxylation is 1. The van der Waals surface area contributed by atoms with Gasteiger partial charge in [-0.05, 0) is 57.4 Å². The number of benzene rings is 2. The van der Waals surface area contributed by atoms with Crippen molar-refractivity contribution in [3.05, 3.63) is 65.2 Å². The molecule has 2 aromatic rings. The van der Waals surface area contributed by atoms with E-state index in [-0.39, 0.29) is 30.7 Å². The number of carbonyl (C=O) groups excluding carboxylic acids is 3. The fourth-order valence-electron chi connectivity index (χ4n) is 2.60. The minimum absolute atomic E-state index is 0.149. The second-order valence-electron chi connectivity index (χ2n) is 7.06. The van der Waals surface area contributed by atoms with E-state index in [4.69, 9.17) is 0 Å². The maximum atomic E-state index is 12.1. The molecule has 0 unspecified atom stereocenters. The molecule has 0 aliphatic rings. The van der Waals surface area contributed by atoms with Gasteiger partial charge in [-0.1, -0.05) is 17.7 Å². The van der Waals surface area contributed by atoms with Gasteiger partial charge in [-0.25, -0.2) is 0 Å². The molecule has 7 nitrogen and oxygen atoms in total. The first kappa shape index (κ1) is 22.1. The largest absolute Gasteiger partial charge is 0.352 e. The smallest absolute Gasteiger partial charge is 0.251 e. The molecule has 0 spiro atoms. The van der Waals surface area contributed by atoms with Crippen LogP contribution in [0, 0.1) is 6.92 Å². The number of rotatable bonds is 9. The summed E-state index contributed by atoms with van der Waals surface area (Å²) in [5.74, 6) is -0.563. The first-order chi connectivity index (χ1) is 13.8. The van der Waals surface area contributed by atoms with Gasteiger partial charge in [-0.15, -0.1) is 0 Å². The summed E-state index contributed by atoms with van der Waals surface area (Å²) in [4.78, 5) is 38.2. The van der Waals surface area contributed by atoms with Crippen LogP contribution >= 0.6 is 0 Å². The average molecular weight is 396 g/mol. The summed E-state index contributed by atoms with van der Waals surface area (Å²) in [7, 11) is 3.88. The molecular weight excluding hydrogens is 368 g/mol. The van der Waals surface area contributed by atoms with Gasteiger partial charge < -0.3 is 20.9 Å². The zero-order chi connectivity index (χ0) is 21.2. The summed E-state index contributed by atoms with van der Waals surface area (Å²) in [5.41, 5.74) is 2.71. The molecule has 29 heavy (non-hydrogen) atoms. The van der Waals surface area contributed by atoms with Crippen LogP contribution in [-0.2, 0) is 4.79 Å². The Kier molecular flexibility index (Phi) is 8.36. The predicted octanol–water partition coefficient (Wildman–Crippen LogP) is 2.05. The van der Waals surface area contributed by atoms with Crippen molar-refractivity contribution in [3.63, 3.8) is 0 Å². The van der Waals surface area contributed by atoms with Gasteiger partial charge in [0.25, 0.3) is 11.8 Å². The minimum atomic E-state index is -0.210. The maximum absolute atomic E-state index is 12.1. The van der Waals surface area contributed by atoms with Crippen LogP contribution < -0.4 is 16.0 Å². The molecule has 2 aromatic carbocycles. The van der Waals surface area contributed by atoms with Crippen LogP contribution in [0.3, 0.4) is 0 Å². The Hall–Kier alpha value is -3.19. The van der Waals surface area contributed by atoms with Crippen LogP contribution in [0.25, 0.3) is 0 Å². The molecule has 0 aliphatic carbocycles. The number of nitrogens with zero attached hydrogens (tertiary/aromatic N) is 1. The molecule has 0 fully saturated rings. The highest BCUT2D eigenvalue weighted by Crippen LogP contribution is 2.10. The normalized spacial score (nSPS) is 10.5. The van der Waals surface area contributed by atoms with Gasteiger partial charge in [0.05, 0.1) is 0 Å². The van der Waals surface area contributed by atoms with Crippen LogP contribution in [0.2, 0.25) is 0 Å². The van der Waals surface area contributed by atoms with Gasteiger partial charge in [0.2, 0.25) is 5.91 Å². The molecule has 0 aromatic heterocycles. The molecule has 154 valence electrons. The van der Waals surface area contributed by atoms with Gasteiger partial charge >= 0.3 is 0 Å². The van der Waals surface area contributed by atoms with Crippen LogP contribution in [-0.4, -0.2) is 56.4 Å². The molecule has 2 rings (SSSR count). The van der Waals surface area contributed by atoms with E-state index in [1.54, 1.807) is 36.4 Å². The van der Waals surface area contributed by atoms with Crippen molar-refractivity contribution in [1.29, 1.82) is 0 Å². The fourth-order valence-corrected chi connectivity index (χ4v) is 2.60. The molecule has 7 heteroatoms. The molecule has 0 heterocycles. The number of hydrogen-bond acceptors (Lipinski definition) is 4. The number of amides is 3. The molecule has 0 atom stereocenters. The van der Waals surface area contributed by atoms with Gasteiger partial charge in [0, 0.05) is 42.9 Å². The fraction of sp³-hybridized carbons (Fsp3) is 0.318. The van der Waals surface area contributed by atoms with Gasteiger partial charge in [0.1, 0.15) is 0 Å². The summed E-state index contributed by atoms with van der Waals surface area (Å²) in [5, 5.41) is 8.34. The first-order valence-electron chi connectivity index (χ1n) is 9.53. The second-order valence-corrected chi connectivity index (χ2v) is 7.06. The second kappa shape index (κ2) is 11.0. The number of anilines is 1. The lowest BCUT2D eigenvalue weighted by Crippen LogP contribution is -2.31. The summed E-state index contributed by atoms with van der Waals surface area (Å²) in [6.07, 6.45) is 0.157. The van der Waals surface area contributed by atoms with E-state index < -0.39 is 0 Å². The Balaban J connectivity index is 1.74. The average Bonchev–Trinajstić information content (AvgIpc) is 2.68. The number of hydrogen-bond donors (Lipinski definition) is 3. The molecule has 0 bridgehead atoms. The van der Waals surface area contributed by atoms with E-state index in [1.807, 2.05) is 38.1 Å². The van der Waals surface area contributed by atoms with Crippen molar-refractivity contribution in [2.45, 2.75) is 13.3 Å². The summed E-state index contributed by atoms with van der Waals surface area (Å²) >= 11 is 0. The summed E-state index contributed by atoms with van der Waals surface area (Å²) in [6.45, 7) is 3.49. The minimum Gasteiger partial charge on any atom is -0.352 e. The van der Waals surface area contributed by atoms with Crippen LogP contribution in [0.1, 0.15) is 32.7 Å². The predicted molar refractivity (Wildman–Crippen MR) is 114 cm³/mol. The Morgan fingerprint density at radius 2 is 1.52 bits per heavy atom. The molecular formula is C22H28N4O3. The molecule has 3 amide bonds. The molecule has 0 radical (unpaired) electrons. The Labute approximate surface area is 171 Å². The number of carbonyl (C=O) groups is 3. The topological polar surface area (TPSA) is 90.5 Å². The summed E-state index contributed by atoms with van der Waals surface area (Å²) < 4.78 is 0. The molecule has 0 saturated carbocycles. The summed E-state index contributed by atoms with van der Waals surface area (Å²) in [6, 6.07) is 14.0. The molecule has 3 N–H and O–H groups in total. The van der Waals surface area contributed by atoms with Crippen molar-refractivity contribution >= 4 is 23.4 Å². The maximum Gasteiger partial charge on any atom is 0.251 e. The van der Waals surface area contributed by atoms with Crippen molar-refractivity contribution < 1.29 is 14.4 Å². The first-order valence-corrected chi connectivity index (χ1v) is 9.53. The molecule has 0 aliphatic heterocycles. The number of likely N-dealkylation sites (N-methyl/N-ethyl adjacent to an activating group) is 1. The third-order valence-electron chi connectivity index (χ3n) is 4.19. The standard InChI is InChI=1S/C22H28N4O3/c1-16-5-4-6-18(15-16)22(29)23-12-11-20(27)25-19-9-7-17(8-10-19)21(28)24-13-14-26(2)3/h4-10,15H,11-14H2,1-3H3,(H,23,29)(H,24,28)(H,25,27). The lowest BCUT2D eigenvalue weighted by Gasteiger charge is -2.11. The third kappa shape index (κ3) is 7.75. The molecule has 0 saturated heterocycles. The van der Waals surface area contributed by atoms with E-state index in [0.29, 0.717) is 23.4 Å². The Bertz CT molecular complexity index is 847. The lowest BCUT2D eigenvalue weighted by atomic mass is 10.1. The van der Waals surface area contributed by atoms with Crippen LogP contribution in [0.5, 0.6) is 0 Å². The van der Waals surface area contributed by atoms with E-state index in [9.17, 15) is 14.4 Å². The van der Waals surface area contributed by atoms with Crippen molar-refractivity contribution in [1.82, 2.24) is 15.5 Å². The lowest BCUT2D eigenvalue weighted by molar-refractivity contribution is -0.116. The highest BCUT2D eigenvalue weighted by Gasteiger charge is 2.08. The van der Waals surface area contributed by atoms with Crippen LogP contribution in [0.4, 0.5) is 5.69 Å².